The topological polar surface area (TPSA) is 20.2 Å². The van der Waals surface area contributed by atoms with E-state index in [0.29, 0.717) is 17.7 Å². The Kier molecular flexibility index (Phi) is 2.20. The first-order valence-electron chi connectivity index (χ1n) is 4.99. The van der Waals surface area contributed by atoms with Crippen LogP contribution in [0.1, 0.15) is 26.7 Å². The molecular weight excluding hydrogens is 184 g/mol. The molecule has 13 heavy (non-hydrogen) atoms. The molecule has 0 unspecified atom stereocenters. The second kappa shape index (κ2) is 2.99. The molecule has 0 heterocycles. The van der Waals surface area contributed by atoms with Crippen molar-refractivity contribution < 1.29 is 5.11 Å². The molecule has 1 N–H and O–H groups in total. The number of aliphatic hydroxyl groups excluding tert-OH is 1. The van der Waals surface area contributed by atoms with Crippen LogP contribution in [0.3, 0.4) is 0 Å². The van der Waals surface area contributed by atoms with E-state index in [0.717, 1.165) is 12.8 Å². The van der Waals surface area contributed by atoms with Crippen LogP contribution in [0, 0.1) is 17.3 Å². The smallest absolute Gasteiger partial charge is 0.0659 e. The lowest BCUT2D eigenvalue weighted by Crippen LogP contribution is -2.29. The van der Waals surface area contributed by atoms with Crippen molar-refractivity contribution in [1.82, 2.24) is 0 Å². The predicted octanol–water partition coefficient (Wildman–Crippen LogP) is 2.58. The Bertz CT molecular complexity index is 244. The predicted molar refractivity (Wildman–Crippen MR) is 54.8 cm³/mol. The zero-order valence-electron chi connectivity index (χ0n) is 8.26. The molecule has 0 aromatic carbocycles. The van der Waals surface area contributed by atoms with Gasteiger partial charge in [-0.15, -0.1) is 11.6 Å². The average molecular weight is 201 g/mol. The zero-order chi connectivity index (χ0) is 9.64. The molecule has 1 nitrogen and oxygen atoms in total. The monoisotopic (exact) mass is 200 g/mol. The Morgan fingerprint density at radius 3 is 2.92 bits per heavy atom. The number of hydrogen-bond donors (Lipinski definition) is 1. The maximum atomic E-state index is 10.1. The summed E-state index contributed by atoms with van der Waals surface area (Å²) >= 11 is 5.85. The lowest BCUT2D eigenvalue weighted by molar-refractivity contribution is 0.0557. The van der Waals surface area contributed by atoms with Crippen LogP contribution < -0.4 is 0 Å². The van der Waals surface area contributed by atoms with E-state index in [9.17, 15) is 5.11 Å². The van der Waals surface area contributed by atoms with Gasteiger partial charge in [-0.25, -0.2) is 0 Å². The molecule has 3 atom stereocenters. The summed E-state index contributed by atoms with van der Waals surface area (Å²) in [6.45, 7) is 4.31. The number of halogens is 1. The lowest BCUT2D eigenvalue weighted by atomic mass is 9.85. The normalized spacial score (nSPS) is 41.8. The summed E-state index contributed by atoms with van der Waals surface area (Å²) in [6, 6.07) is 0. The van der Waals surface area contributed by atoms with Gasteiger partial charge in [0.05, 0.1) is 6.10 Å². The van der Waals surface area contributed by atoms with Gasteiger partial charge in [-0.3, -0.25) is 0 Å². The molecule has 0 radical (unpaired) electrons. The van der Waals surface area contributed by atoms with Gasteiger partial charge in [0.25, 0.3) is 0 Å². The van der Waals surface area contributed by atoms with E-state index in [2.05, 4.69) is 19.9 Å². The summed E-state index contributed by atoms with van der Waals surface area (Å²) in [5.41, 5.74) is 1.35. The molecule has 0 bridgehead atoms. The quantitative estimate of drug-likeness (QED) is 0.510. The molecule has 0 amide bonds. The summed E-state index contributed by atoms with van der Waals surface area (Å²) in [7, 11) is 0. The van der Waals surface area contributed by atoms with E-state index in [1.54, 1.807) is 0 Å². The number of alkyl halides is 1. The minimum absolute atomic E-state index is 0.0842. The van der Waals surface area contributed by atoms with Gasteiger partial charge in [0, 0.05) is 11.8 Å². The third-order valence-corrected chi connectivity index (χ3v) is 4.01. The fraction of sp³-hybridized carbons (Fsp3) is 0.818. The largest absolute Gasteiger partial charge is 0.392 e. The number of hydrogen-bond acceptors (Lipinski definition) is 1. The molecule has 0 aliphatic heterocycles. The van der Waals surface area contributed by atoms with E-state index in [1.165, 1.54) is 5.57 Å². The average Bonchev–Trinajstić information content (AvgIpc) is 2.53. The van der Waals surface area contributed by atoms with Crippen LogP contribution in [-0.2, 0) is 0 Å². The highest BCUT2D eigenvalue weighted by atomic mass is 35.5. The van der Waals surface area contributed by atoms with Crippen LogP contribution in [0.4, 0.5) is 0 Å². The maximum absolute atomic E-state index is 10.1. The van der Waals surface area contributed by atoms with Gasteiger partial charge in [0.2, 0.25) is 0 Å². The van der Waals surface area contributed by atoms with Gasteiger partial charge in [-0.2, -0.15) is 0 Å². The Hall–Kier alpha value is -0.0100. The number of rotatable bonds is 1. The van der Waals surface area contributed by atoms with E-state index in [1.807, 2.05) is 0 Å². The third kappa shape index (κ3) is 1.33. The summed E-state index contributed by atoms with van der Waals surface area (Å²) in [5, 5.41) is 10.1. The molecule has 2 aliphatic rings. The summed E-state index contributed by atoms with van der Waals surface area (Å²) < 4.78 is 0. The van der Waals surface area contributed by atoms with E-state index >= 15 is 0 Å². The first-order chi connectivity index (χ1) is 6.06. The number of allylic oxidation sites excluding steroid dienone is 1. The zero-order valence-corrected chi connectivity index (χ0v) is 9.01. The van der Waals surface area contributed by atoms with Crippen LogP contribution >= 0.6 is 11.6 Å². The van der Waals surface area contributed by atoms with Crippen LogP contribution in [-0.4, -0.2) is 17.1 Å². The third-order valence-electron chi connectivity index (χ3n) is 3.70. The van der Waals surface area contributed by atoms with Crippen molar-refractivity contribution in [3.8, 4) is 0 Å². The van der Waals surface area contributed by atoms with Crippen molar-refractivity contribution in [2.75, 3.05) is 5.88 Å². The van der Waals surface area contributed by atoms with E-state index in [4.69, 9.17) is 11.6 Å². The first kappa shape index (κ1) is 9.54. The van der Waals surface area contributed by atoms with Crippen molar-refractivity contribution in [3.05, 3.63) is 11.6 Å². The minimum atomic E-state index is -0.190. The Labute approximate surface area is 84.8 Å². The maximum Gasteiger partial charge on any atom is 0.0659 e. The van der Waals surface area contributed by atoms with Crippen molar-refractivity contribution in [2.45, 2.75) is 32.8 Å². The molecule has 2 aliphatic carbocycles. The SMILES string of the molecule is CC1(C)C[C@H]2CC=C(CCl)[C@H]2[C@H]1O. The van der Waals surface area contributed by atoms with E-state index in [-0.39, 0.29) is 11.5 Å². The van der Waals surface area contributed by atoms with Gasteiger partial charge in [-0.05, 0) is 24.2 Å². The minimum Gasteiger partial charge on any atom is -0.392 e. The standard InChI is InChI=1S/C11H17ClO/c1-11(2)5-7-3-4-8(6-12)9(7)10(11)13/h4,7,9-10,13H,3,5-6H2,1-2H3/t7-,9+,10-/m1/s1. The van der Waals surface area contributed by atoms with Gasteiger partial charge in [-0.1, -0.05) is 25.5 Å². The molecule has 1 fully saturated rings. The molecule has 74 valence electrons. The molecule has 2 rings (SSSR count). The van der Waals surface area contributed by atoms with Crippen LogP contribution in [0.25, 0.3) is 0 Å². The van der Waals surface area contributed by atoms with Gasteiger partial charge in [0.1, 0.15) is 0 Å². The van der Waals surface area contributed by atoms with Crippen molar-refractivity contribution in [3.63, 3.8) is 0 Å². The van der Waals surface area contributed by atoms with Crippen LogP contribution in [0.15, 0.2) is 11.6 Å². The molecule has 0 aromatic heterocycles. The van der Waals surface area contributed by atoms with Gasteiger partial charge < -0.3 is 5.11 Å². The molecule has 2 heteroatoms. The highest BCUT2D eigenvalue weighted by Gasteiger charge is 2.49. The van der Waals surface area contributed by atoms with Crippen molar-refractivity contribution in [1.29, 1.82) is 0 Å². The molecule has 0 spiro atoms. The summed E-state index contributed by atoms with van der Waals surface area (Å²) in [6.07, 6.45) is 4.29. The van der Waals surface area contributed by atoms with Crippen LogP contribution in [0.5, 0.6) is 0 Å². The number of fused-ring (bicyclic) bond motifs is 1. The van der Waals surface area contributed by atoms with Crippen LogP contribution in [0.2, 0.25) is 0 Å². The summed E-state index contributed by atoms with van der Waals surface area (Å²) in [5.74, 6) is 1.60. The van der Waals surface area contributed by atoms with E-state index < -0.39 is 0 Å². The molecular formula is C11H17ClO. The fourth-order valence-corrected chi connectivity index (χ4v) is 3.27. The van der Waals surface area contributed by atoms with Gasteiger partial charge >= 0.3 is 0 Å². The lowest BCUT2D eigenvalue weighted by Gasteiger charge is -2.25. The fourth-order valence-electron chi connectivity index (χ4n) is 2.99. The highest BCUT2D eigenvalue weighted by Crippen LogP contribution is 2.52. The summed E-state index contributed by atoms with van der Waals surface area (Å²) in [4.78, 5) is 0. The molecule has 1 saturated carbocycles. The highest BCUT2D eigenvalue weighted by molar-refractivity contribution is 6.19. The first-order valence-corrected chi connectivity index (χ1v) is 5.52. The second-order valence-electron chi connectivity index (χ2n) is 5.07. The van der Waals surface area contributed by atoms with Crippen molar-refractivity contribution in [2.24, 2.45) is 17.3 Å². The Morgan fingerprint density at radius 2 is 2.31 bits per heavy atom. The van der Waals surface area contributed by atoms with Crippen molar-refractivity contribution >= 4 is 11.6 Å². The second-order valence-corrected chi connectivity index (χ2v) is 5.34. The molecule has 0 aromatic rings. The number of aliphatic hydroxyl groups is 1. The Morgan fingerprint density at radius 1 is 1.62 bits per heavy atom. The molecule has 0 saturated heterocycles. The van der Waals surface area contributed by atoms with Gasteiger partial charge in [0.15, 0.2) is 0 Å². The Balaban J connectivity index is 2.23.